The van der Waals surface area contributed by atoms with Crippen LogP contribution in [0.3, 0.4) is 0 Å². The van der Waals surface area contributed by atoms with Crippen molar-refractivity contribution in [2.24, 2.45) is 11.8 Å². The summed E-state index contributed by atoms with van der Waals surface area (Å²) in [5.41, 5.74) is 2.41. The second kappa shape index (κ2) is 5.00. The van der Waals surface area contributed by atoms with E-state index >= 15 is 0 Å². The summed E-state index contributed by atoms with van der Waals surface area (Å²) < 4.78 is 0. The normalized spacial score (nSPS) is 22.9. The van der Waals surface area contributed by atoms with Crippen LogP contribution in [-0.2, 0) is 16.7 Å². The summed E-state index contributed by atoms with van der Waals surface area (Å²) in [6.45, 7) is 2.76. The van der Waals surface area contributed by atoms with Crippen LogP contribution in [0.5, 0.6) is 0 Å². The summed E-state index contributed by atoms with van der Waals surface area (Å²) in [6.07, 6.45) is 1.05. The maximum Gasteiger partial charge on any atom is 0.223 e. The second-order valence-electron chi connectivity index (χ2n) is 4.49. The summed E-state index contributed by atoms with van der Waals surface area (Å²) >= 11 is 3.43. The third kappa shape index (κ3) is 2.85. The first-order chi connectivity index (χ1) is 7.70. The summed E-state index contributed by atoms with van der Waals surface area (Å²) in [7, 11) is 0. The molecule has 1 aromatic rings. The van der Waals surface area contributed by atoms with Gasteiger partial charge in [0.25, 0.3) is 0 Å². The van der Waals surface area contributed by atoms with Crippen LogP contribution in [0.2, 0.25) is 0 Å². The molecule has 1 aromatic carbocycles. The maximum absolute atomic E-state index is 11.6. The van der Waals surface area contributed by atoms with Crippen LogP contribution < -0.4 is 5.32 Å². The molecular weight excluding hydrogens is 266 g/mol. The molecule has 2 atom stereocenters. The molecule has 2 nitrogen and oxygen atoms in total. The number of carbonyl (C=O) groups excluding carboxylic acids is 1. The highest BCUT2D eigenvalue weighted by Crippen LogP contribution is 2.37. The smallest absolute Gasteiger partial charge is 0.223 e. The molecule has 0 heterocycles. The van der Waals surface area contributed by atoms with E-state index in [1.54, 1.807) is 0 Å². The third-order valence-corrected chi connectivity index (χ3v) is 3.71. The van der Waals surface area contributed by atoms with Crippen LogP contribution in [0.25, 0.3) is 0 Å². The molecule has 1 N–H and O–H groups in total. The van der Waals surface area contributed by atoms with E-state index in [0.29, 0.717) is 12.5 Å². The number of halogens is 1. The molecule has 2 rings (SSSR count). The predicted molar refractivity (Wildman–Crippen MR) is 68.2 cm³/mol. The topological polar surface area (TPSA) is 29.1 Å². The van der Waals surface area contributed by atoms with Crippen molar-refractivity contribution in [3.05, 3.63) is 35.4 Å². The van der Waals surface area contributed by atoms with E-state index < -0.39 is 0 Å². The highest BCUT2D eigenvalue weighted by atomic mass is 79.9. The van der Waals surface area contributed by atoms with Crippen LogP contribution in [0.1, 0.15) is 24.5 Å². The lowest BCUT2D eigenvalue weighted by atomic mass is 10.1. The Morgan fingerprint density at radius 2 is 2.19 bits per heavy atom. The molecule has 1 amide bonds. The van der Waals surface area contributed by atoms with Gasteiger partial charge in [-0.2, -0.15) is 0 Å². The average molecular weight is 282 g/mol. The van der Waals surface area contributed by atoms with Crippen LogP contribution in [0, 0.1) is 11.8 Å². The highest BCUT2D eigenvalue weighted by molar-refractivity contribution is 9.08. The zero-order valence-corrected chi connectivity index (χ0v) is 11.0. The van der Waals surface area contributed by atoms with Gasteiger partial charge in [-0.3, -0.25) is 4.79 Å². The Kier molecular flexibility index (Phi) is 3.64. The van der Waals surface area contributed by atoms with Gasteiger partial charge in [-0.1, -0.05) is 47.1 Å². The number of benzene rings is 1. The van der Waals surface area contributed by atoms with Crippen molar-refractivity contribution in [1.29, 1.82) is 0 Å². The molecule has 0 aliphatic heterocycles. The maximum atomic E-state index is 11.6. The van der Waals surface area contributed by atoms with Gasteiger partial charge >= 0.3 is 0 Å². The van der Waals surface area contributed by atoms with Crippen LogP contribution >= 0.6 is 15.9 Å². The summed E-state index contributed by atoms with van der Waals surface area (Å²) in [5.74, 6) is 1.05. The molecule has 16 heavy (non-hydrogen) atoms. The van der Waals surface area contributed by atoms with Gasteiger partial charge in [-0.15, -0.1) is 0 Å². The standard InChI is InChI=1S/C13H16BrNO/c1-9-5-12(9)13(16)15-8-11-4-2-3-10(6-11)7-14/h2-4,6,9,12H,5,7-8H2,1H3,(H,15,16). The van der Waals surface area contributed by atoms with Crippen LogP contribution in [0.4, 0.5) is 0 Å². The first-order valence-corrected chi connectivity index (χ1v) is 6.74. The van der Waals surface area contributed by atoms with E-state index in [4.69, 9.17) is 0 Å². The zero-order valence-electron chi connectivity index (χ0n) is 9.37. The van der Waals surface area contributed by atoms with Gasteiger partial charge < -0.3 is 5.32 Å². The molecule has 2 unspecified atom stereocenters. The number of hydrogen-bond acceptors (Lipinski definition) is 1. The Morgan fingerprint density at radius 3 is 2.81 bits per heavy atom. The van der Waals surface area contributed by atoms with E-state index in [2.05, 4.69) is 40.3 Å². The summed E-state index contributed by atoms with van der Waals surface area (Å²) in [5, 5.41) is 3.84. The summed E-state index contributed by atoms with van der Waals surface area (Å²) in [4.78, 5) is 11.6. The molecular formula is C13H16BrNO. The minimum atomic E-state index is 0.205. The number of alkyl halides is 1. The van der Waals surface area contributed by atoms with Crippen molar-refractivity contribution in [3.63, 3.8) is 0 Å². The molecule has 0 radical (unpaired) electrons. The Bertz CT molecular complexity index is 391. The lowest BCUT2D eigenvalue weighted by Gasteiger charge is -2.05. The monoisotopic (exact) mass is 281 g/mol. The van der Waals surface area contributed by atoms with Gasteiger partial charge in [0.15, 0.2) is 0 Å². The van der Waals surface area contributed by atoms with Gasteiger partial charge in [-0.25, -0.2) is 0 Å². The van der Waals surface area contributed by atoms with Crippen molar-refractivity contribution in [2.45, 2.75) is 25.2 Å². The van der Waals surface area contributed by atoms with Crippen LogP contribution in [-0.4, -0.2) is 5.91 Å². The largest absolute Gasteiger partial charge is 0.352 e. The Labute approximate surface area is 105 Å². The van der Waals surface area contributed by atoms with E-state index in [0.717, 1.165) is 11.8 Å². The number of nitrogens with one attached hydrogen (secondary N) is 1. The number of hydrogen-bond donors (Lipinski definition) is 1. The van der Waals surface area contributed by atoms with Crippen molar-refractivity contribution in [3.8, 4) is 0 Å². The van der Waals surface area contributed by atoms with E-state index in [-0.39, 0.29) is 11.8 Å². The van der Waals surface area contributed by atoms with Gasteiger partial charge in [0.1, 0.15) is 0 Å². The van der Waals surface area contributed by atoms with Crippen molar-refractivity contribution < 1.29 is 4.79 Å². The van der Waals surface area contributed by atoms with Crippen molar-refractivity contribution in [2.75, 3.05) is 0 Å². The molecule has 0 spiro atoms. The lowest BCUT2D eigenvalue weighted by molar-refractivity contribution is -0.122. The molecule has 1 aliphatic rings. The Morgan fingerprint density at radius 1 is 1.50 bits per heavy atom. The summed E-state index contributed by atoms with van der Waals surface area (Å²) in [6, 6.07) is 8.26. The van der Waals surface area contributed by atoms with Gasteiger partial charge in [-0.05, 0) is 23.5 Å². The van der Waals surface area contributed by atoms with Crippen molar-refractivity contribution in [1.82, 2.24) is 5.32 Å². The lowest BCUT2D eigenvalue weighted by Crippen LogP contribution is -2.24. The fourth-order valence-corrected chi connectivity index (χ4v) is 2.18. The molecule has 3 heteroatoms. The zero-order chi connectivity index (χ0) is 11.5. The molecule has 0 bridgehead atoms. The minimum absolute atomic E-state index is 0.205. The number of amides is 1. The SMILES string of the molecule is CC1CC1C(=O)NCc1cccc(CBr)c1. The van der Waals surface area contributed by atoms with E-state index in [1.165, 1.54) is 11.1 Å². The first kappa shape index (κ1) is 11.6. The van der Waals surface area contributed by atoms with Gasteiger partial charge in [0.2, 0.25) is 5.91 Å². The molecule has 1 fully saturated rings. The molecule has 1 aliphatic carbocycles. The number of rotatable bonds is 4. The fourth-order valence-electron chi connectivity index (χ4n) is 1.83. The number of carbonyl (C=O) groups is 1. The third-order valence-electron chi connectivity index (χ3n) is 3.06. The van der Waals surface area contributed by atoms with Crippen molar-refractivity contribution >= 4 is 21.8 Å². The fraction of sp³-hybridized carbons (Fsp3) is 0.462. The Hall–Kier alpha value is -0.830. The quantitative estimate of drug-likeness (QED) is 0.845. The van der Waals surface area contributed by atoms with E-state index in [9.17, 15) is 4.79 Å². The molecule has 0 saturated heterocycles. The van der Waals surface area contributed by atoms with Gasteiger partial charge in [0.05, 0.1) is 0 Å². The second-order valence-corrected chi connectivity index (χ2v) is 5.05. The highest BCUT2D eigenvalue weighted by Gasteiger charge is 2.38. The molecule has 86 valence electrons. The minimum Gasteiger partial charge on any atom is -0.352 e. The first-order valence-electron chi connectivity index (χ1n) is 5.62. The Balaban J connectivity index is 1.86. The molecule has 1 saturated carbocycles. The molecule has 0 aromatic heterocycles. The predicted octanol–water partition coefficient (Wildman–Crippen LogP) is 2.85. The average Bonchev–Trinajstić information content (AvgIpc) is 3.04. The van der Waals surface area contributed by atoms with Gasteiger partial charge in [0, 0.05) is 17.8 Å². The van der Waals surface area contributed by atoms with Crippen LogP contribution in [0.15, 0.2) is 24.3 Å². The van der Waals surface area contributed by atoms with E-state index in [1.807, 2.05) is 12.1 Å².